The van der Waals surface area contributed by atoms with Crippen LogP contribution in [-0.2, 0) is 0 Å². The topological polar surface area (TPSA) is 63.8 Å². The van der Waals surface area contributed by atoms with Gasteiger partial charge in [0.15, 0.2) is 0 Å². The molecule has 0 atom stereocenters. The van der Waals surface area contributed by atoms with Crippen molar-refractivity contribution in [3.63, 3.8) is 0 Å². The van der Waals surface area contributed by atoms with E-state index in [1.807, 2.05) is 6.92 Å². The SMILES string of the molecule is CCC1(CNc2ncnc(N)c2C)CCC1. The highest BCUT2D eigenvalue weighted by Crippen LogP contribution is 2.43. The van der Waals surface area contributed by atoms with Gasteiger partial charge in [-0.25, -0.2) is 9.97 Å². The molecule has 4 nitrogen and oxygen atoms in total. The number of hydrogen-bond donors (Lipinski definition) is 2. The predicted octanol–water partition coefficient (Wildman–Crippen LogP) is 2.36. The highest BCUT2D eigenvalue weighted by atomic mass is 15.0. The molecule has 0 unspecified atom stereocenters. The number of rotatable bonds is 4. The van der Waals surface area contributed by atoms with E-state index in [1.165, 1.54) is 32.0 Å². The fourth-order valence-electron chi connectivity index (χ4n) is 2.25. The van der Waals surface area contributed by atoms with Gasteiger partial charge >= 0.3 is 0 Å². The maximum atomic E-state index is 5.75. The lowest BCUT2D eigenvalue weighted by molar-refractivity contribution is 0.145. The minimum Gasteiger partial charge on any atom is -0.383 e. The van der Waals surface area contributed by atoms with Crippen LogP contribution in [0.25, 0.3) is 0 Å². The van der Waals surface area contributed by atoms with Crippen LogP contribution in [0.2, 0.25) is 0 Å². The van der Waals surface area contributed by atoms with Crippen molar-refractivity contribution in [2.75, 3.05) is 17.6 Å². The Kier molecular flexibility index (Phi) is 2.99. The summed E-state index contributed by atoms with van der Waals surface area (Å²) < 4.78 is 0. The van der Waals surface area contributed by atoms with Crippen LogP contribution < -0.4 is 11.1 Å². The lowest BCUT2D eigenvalue weighted by Gasteiger charge is -2.41. The third-order valence-electron chi connectivity index (χ3n) is 3.92. The Morgan fingerprint density at radius 1 is 1.44 bits per heavy atom. The van der Waals surface area contributed by atoms with Crippen LogP contribution in [0.3, 0.4) is 0 Å². The minimum absolute atomic E-state index is 0.492. The molecule has 0 bridgehead atoms. The molecule has 3 N–H and O–H groups in total. The quantitative estimate of drug-likeness (QED) is 0.817. The van der Waals surface area contributed by atoms with Gasteiger partial charge in [0.05, 0.1) is 0 Å². The third kappa shape index (κ3) is 1.96. The monoisotopic (exact) mass is 220 g/mol. The first kappa shape index (κ1) is 11.2. The average molecular weight is 220 g/mol. The largest absolute Gasteiger partial charge is 0.383 e. The molecule has 88 valence electrons. The molecule has 1 fully saturated rings. The van der Waals surface area contributed by atoms with Gasteiger partial charge in [-0.1, -0.05) is 13.3 Å². The van der Waals surface area contributed by atoms with E-state index < -0.39 is 0 Å². The van der Waals surface area contributed by atoms with Gasteiger partial charge < -0.3 is 11.1 Å². The summed E-state index contributed by atoms with van der Waals surface area (Å²) in [6, 6.07) is 0. The summed E-state index contributed by atoms with van der Waals surface area (Å²) in [5, 5.41) is 3.42. The van der Waals surface area contributed by atoms with Crippen LogP contribution in [-0.4, -0.2) is 16.5 Å². The summed E-state index contributed by atoms with van der Waals surface area (Å²) >= 11 is 0. The van der Waals surface area contributed by atoms with Gasteiger partial charge in [-0.15, -0.1) is 0 Å². The summed E-state index contributed by atoms with van der Waals surface area (Å²) in [7, 11) is 0. The smallest absolute Gasteiger partial charge is 0.134 e. The molecule has 4 heteroatoms. The number of aromatic nitrogens is 2. The van der Waals surface area contributed by atoms with Gasteiger partial charge in [-0.2, -0.15) is 0 Å². The number of anilines is 2. The van der Waals surface area contributed by atoms with E-state index in [0.717, 1.165) is 17.9 Å². The summed E-state index contributed by atoms with van der Waals surface area (Å²) in [4.78, 5) is 8.20. The lowest BCUT2D eigenvalue weighted by atomic mass is 9.67. The van der Waals surface area contributed by atoms with E-state index in [1.54, 1.807) is 0 Å². The molecule has 0 radical (unpaired) electrons. The predicted molar refractivity (Wildman–Crippen MR) is 66.2 cm³/mol. The second-order valence-corrected chi connectivity index (χ2v) is 4.79. The Labute approximate surface area is 96.7 Å². The van der Waals surface area contributed by atoms with Gasteiger partial charge in [0.2, 0.25) is 0 Å². The molecular weight excluding hydrogens is 200 g/mol. The first-order valence-corrected chi connectivity index (χ1v) is 5.98. The van der Waals surface area contributed by atoms with E-state index in [2.05, 4.69) is 22.2 Å². The fourth-order valence-corrected chi connectivity index (χ4v) is 2.25. The third-order valence-corrected chi connectivity index (χ3v) is 3.92. The highest BCUT2D eigenvalue weighted by molar-refractivity contribution is 5.53. The molecule has 16 heavy (non-hydrogen) atoms. The maximum Gasteiger partial charge on any atom is 0.134 e. The molecule has 1 aliphatic carbocycles. The van der Waals surface area contributed by atoms with Crippen LogP contribution in [0.1, 0.15) is 38.2 Å². The molecule has 2 rings (SSSR count). The van der Waals surface area contributed by atoms with Crippen LogP contribution in [0.4, 0.5) is 11.6 Å². The normalized spacial score (nSPS) is 17.9. The van der Waals surface area contributed by atoms with Crippen LogP contribution in [0, 0.1) is 12.3 Å². The van der Waals surface area contributed by atoms with Crippen molar-refractivity contribution in [2.45, 2.75) is 39.5 Å². The van der Waals surface area contributed by atoms with Gasteiger partial charge in [0.1, 0.15) is 18.0 Å². The van der Waals surface area contributed by atoms with E-state index in [9.17, 15) is 0 Å². The van der Waals surface area contributed by atoms with Crippen molar-refractivity contribution in [3.8, 4) is 0 Å². The molecule has 0 saturated heterocycles. The van der Waals surface area contributed by atoms with Crippen molar-refractivity contribution in [1.29, 1.82) is 0 Å². The average Bonchev–Trinajstić information content (AvgIpc) is 2.23. The summed E-state index contributed by atoms with van der Waals surface area (Å²) in [6.07, 6.45) is 6.77. The van der Waals surface area contributed by atoms with Gasteiger partial charge in [0.25, 0.3) is 0 Å². The van der Waals surface area contributed by atoms with Crippen molar-refractivity contribution >= 4 is 11.6 Å². The zero-order chi connectivity index (χ0) is 11.6. The Morgan fingerprint density at radius 3 is 2.75 bits per heavy atom. The van der Waals surface area contributed by atoms with Gasteiger partial charge in [-0.05, 0) is 31.6 Å². The van der Waals surface area contributed by atoms with Gasteiger partial charge in [0, 0.05) is 12.1 Å². The Balaban J connectivity index is 2.02. The van der Waals surface area contributed by atoms with Crippen molar-refractivity contribution < 1.29 is 0 Å². The molecule has 1 saturated carbocycles. The second-order valence-electron chi connectivity index (χ2n) is 4.79. The van der Waals surface area contributed by atoms with Crippen LogP contribution in [0.5, 0.6) is 0 Å². The Bertz CT molecular complexity index is 366. The number of nitrogen functional groups attached to an aromatic ring is 1. The van der Waals surface area contributed by atoms with Crippen molar-refractivity contribution in [2.24, 2.45) is 5.41 Å². The molecule has 1 heterocycles. The summed E-state index contributed by atoms with van der Waals surface area (Å²) in [5.41, 5.74) is 7.19. The zero-order valence-corrected chi connectivity index (χ0v) is 10.1. The number of nitrogens with one attached hydrogen (secondary N) is 1. The molecule has 0 aromatic carbocycles. The van der Waals surface area contributed by atoms with E-state index in [-0.39, 0.29) is 0 Å². The minimum atomic E-state index is 0.492. The number of nitrogens with two attached hydrogens (primary N) is 1. The molecule has 0 spiro atoms. The van der Waals surface area contributed by atoms with Crippen molar-refractivity contribution in [3.05, 3.63) is 11.9 Å². The first-order chi connectivity index (χ1) is 7.67. The van der Waals surface area contributed by atoms with E-state index in [0.29, 0.717) is 11.2 Å². The van der Waals surface area contributed by atoms with Gasteiger partial charge in [-0.3, -0.25) is 0 Å². The lowest BCUT2D eigenvalue weighted by Crippen LogP contribution is -2.36. The fraction of sp³-hybridized carbons (Fsp3) is 0.667. The van der Waals surface area contributed by atoms with Crippen molar-refractivity contribution in [1.82, 2.24) is 9.97 Å². The molecule has 0 amide bonds. The van der Waals surface area contributed by atoms with Crippen LogP contribution in [0.15, 0.2) is 6.33 Å². The summed E-state index contributed by atoms with van der Waals surface area (Å²) in [6.45, 7) is 5.22. The molecule has 1 aliphatic rings. The first-order valence-electron chi connectivity index (χ1n) is 5.98. The molecule has 0 aliphatic heterocycles. The second kappa shape index (κ2) is 4.28. The van der Waals surface area contributed by atoms with E-state index in [4.69, 9.17) is 5.73 Å². The maximum absolute atomic E-state index is 5.75. The molecule has 1 aromatic heterocycles. The zero-order valence-electron chi connectivity index (χ0n) is 10.1. The summed E-state index contributed by atoms with van der Waals surface area (Å²) in [5.74, 6) is 1.45. The van der Waals surface area contributed by atoms with Crippen LogP contribution >= 0.6 is 0 Å². The van der Waals surface area contributed by atoms with E-state index >= 15 is 0 Å². The molecule has 1 aromatic rings. The highest BCUT2D eigenvalue weighted by Gasteiger charge is 2.34. The Hall–Kier alpha value is -1.32. The Morgan fingerprint density at radius 2 is 2.19 bits per heavy atom. The standard InChI is InChI=1S/C12H20N4/c1-3-12(5-4-6-12)7-14-11-9(2)10(13)15-8-16-11/h8H,3-7H2,1-2H3,(H3,13,14,15,16). The molecular formula is C12H20N4. The number of hydrogen-bond acceptors (Lipinski definition) is 4. The number of nitrogens with zero attached hydrogens (tertiary/aromatic N) is 2.